The molecule has 1 aromatic rings. The highest BCUT2D eigenvalue weighted by molar-refractivity contribution is 5.20. The Bertz CT molecular complexity index is 208. The minimum atomic E-state index is 0.466. The first-order valence-corrected chi connectivity index (χ1v) is 4.20. The molecular formula is C10H15NO. The molecule has 0 aliphatic heterocycles. The monoisotopic (exact) mass is 165 g/mol. The molecule has 0 fully saturated rings. The van der Waals surface area contributed by atoms with E-state index >= 15 is 0 Å². The van der Waals surface area contributed by atoms with Gasteiger partial charge >= 0.3 is 0 Å². The minimum absolute atomic E-state index is 0.466. The topological polar surface area (TPSA) is 21.3 Å². The van der Waals surface area contributed by atoms with Crippen LogP contribution in [0.2, 0.25) is 0 Å². The van der Waals surface area contributed by atoms with Crippen molar-refractivity contribution >= 4 is 0 Å². The summed E-state index contributed by atoms with van der Waals surface area (Å²) in [7, 11) is 0. The summed E-state index contributed by atoms with van der Waals surface area (Å²) in [6.07, 6.45) is 0. The van der Waals surface area contributed by atoms with Crippen molar-refractivity contribution in [2.75, 3.05) is 6.73 Å². The molecule has 0 radical (unpaired) electrons. The predicted molar refractivity (Wildman–Crippen MR) is 50.2 cm³/mol. The van der Waals surface area contributed by atoms with Crippen LogP contribution >= 0.6 is 0 Å². The van der Waals surface area contributed by atoms with E-state index in [1.54, 1.807) is 0 Å². The average molecular weight is 165 g/mol. The van der Waals surface area contributed by atoms with Gasteiger partial charge in [0, 0.05) is 6.04 Å². The molecule has 1 rings (SSSR count). The zero-order valence-corrected chi connectivity index (χ0v) is 7.58. The van der Waals surface area contributed by atoms with E-state index in [1.807, 2.05) is 30.3 Å². The van der Waals surface area contributed by atoms with Crippen molar-refractivity contribution in [2.45, 2.75) is 19.9 Å². The lowest BCUT2D eigenvalue weighted by molar-refractivity contribution is 0.271. The Hall–Kier alpha value is -1.02. The number of benzene rings is 1. The molecule has 0 spiro atoms. The quantitative estimate of drug-likeness (QED) is 0.689. The van der Waals surface area contributed by atoms with Crippen molar-refractivity contribution < 1.29 is 4.74 Å². The van der Waals surface area contributed by atoms with E-state index in [4.69, 9.17) is 4.74 Å². The molecule has 0 saturated carbocycles. The molecule has 12 heavy (non-hydrogen) atoms. The lowest BCUT2D eigenvalue weighted by atomic mass is 10.3. The fourth-order valence-electron chi connectivity index (χ4n) is 0.808. The van der Waals surface area contributed by atoms with Crippen LogP contribution in [0.15, 0.2) is 30.3 Å². The third-order valence-electron chi connectivity index (χ3n) is 1.47. The SMILES string of the molecule is CC(C)NCOc1ccccc1. The fourth-order valence-corrected chi connectivity index (χ4v) is 0.808. The van der Waals surface area contributed by atoms with Crippen LogP contribution < -0.4 is 10.1 Å². The lowest BCUT2D eigenvalue weighted by Gasteiger charge is -2.09. The molecule has 2 heteroatoms. The number of ether oxygens (including phenoxy) is 1. The first-order valence-electron chi connectivity index (χ1n) is 4.20. The Morgan fingerprint density at radius 2 is 1.92 bits per heavy atom. The molecule has 0 bridgehead atoms. The molecule has 0 heterocycles. The van der Waals surface area contributed by atoms with Gasteiger partial charge in [0.05, 0.1) is 0 Å². The van der Waals surface area contributed by atoms with E-state index < -0.39 is 0 Å². The molecular weight excluding hydrogens is 150 g/mol. The zero-order chi connectivity index (χ0) is 8.81. The second-order valence-electron chi connectivity index (χ2n) is 2.96. The maximum Gasteiger partial charge on any atom is 0.139 e. The zero-order valence-electron chi connectivity index (χ0n) is 7.58. The molecule has 1 N–H and O–H groups in total. The molecule has 0 unspecified atom stereocenters. The number of rotatable bonds is 4. The van der Waals surface area contributed by atoms with Crippen LogP contribution in [0.1, 0.15) is 13.8 Å². The highest BCUT2D eigenvalue weighted by Crippen LogP contribution is 2.06. The van der Waals surface area contributed by atoms with Crippen molar-refractivity contribution in [3.8, 4) is 5.75 Å². The van der Waals surface area contributed by atoms with E-state index in [2.05, 4.69) is 19.2 Å². The molecule has 0 amide bonds. The number of hydrogen-bond acceptors (Lipinski definition) is 2. The van der Waals surface area contributed by atoms with Gasteiger partial charge in [-0.25, -0.2) is 0 Å². The van der Waals surface area contributed by atoms with Crippen LogP contribution in [0.5, 0.6) is 5.75 Å². The van der Waals surface area contributed by atoms with E-state index in [-0.39, 0.29) is 0 Å². The van der Waals surface area contributed by atoms with Gasteiger partial charge in [0.2, 0.25) is 0 Å². The standard InChI is InChI=1S/C10H15NO/c1-9(2)11-8-12-10-6-4-3-5-7-10/h3-7,9,11H,8H2,1-2H3. The molecule has 0 saturated heterocycles. The minimum Gasteiger partial charge on any atom is -0.478 e. The fraction of sp³-hybridized carbons (Fsp3) is 0.400. The van der Waals surface area contributed by atoms with Crippen molar-refractivity contribution in [3.63, 3.8) is 0 Å². The molecule has 0 aliphatic rings. The van der Waals surface area contributed by atoms with Crippen molar-refractivity contribution in [2.24, 2.45) is 0 Å². The van der Waals surface area contributed by atoms with Gasteiger partial charge in [0.15, 0.2) is 0 Å². The first-order chi connectivity index (χ1) is 5.79. The van der Waals surface area contributed by atoms with E-state index in [0.717, 1.165) is 5.75 Å². The van der Waals surface area contributed by atoms with Crippen LogP contribution in [0.3, 0.4) is 0 Å². The number of nitrogens with one attached hydrogen (secondary N) is 1. The van der Waals surface area contributed by atoms with Crippen molar-refractivity contribution in [3.05, 3.63) is 30.3 Å². The van der Waals surface area contributed by atoms with E-state index in [9.17, 15) is 0 Å². The number of para-hydroxylation sites is 1. The van der Waals surface area contributed by atoms with Crippen LogP contribution in [0.4, 0.5) is 0 Å². The Kier molecular flexibility index (Phi) is 3.61. The maximum absolute atomic E-state index is 5.41. The molecule has 66 valence electrons. The van der Waals surface area contributed by atoms with Crippen LogP contribution in [0, 0.1) is 0 Å². The predicted octanol–water partition coefficient (Wildman–Crippen LogP) is 2.02. The largest absolute Gasteiger partial charge is 0.478 e. The van der Waals surface area contributed by atoms with Gasteiger partial charge < -0.3 is 4.74 Å². The Balaban J connectivity index is 2.25. The smallest absolute Gasteiger partial charge is 0.139 e. The third-order valence-corrected chi connectivity index (χ3v) is 1.47. The molecule has 0 aromatic heterocycles. The van der Waals surface area contributed by atoms with Crippen LogP contribution in [0.25, 0.3) is 0 Å². The Labute approximate surface area is 73.6 Å². The van der Waals surface area contributed by atoms with Gasteiger partial charge in [-0.05, 0) is 26.0 Å². The molecule has 1 aromatic carbocycles. The Morgan fingerprint density at radius 3 is 2.50 bits per heavy atom. The summed E-state index contributed by atoms with van der Waals surface area (Å²) in [5, 5.41) is 3.17. The summed E-state index contributed by atoms with van der Waals surface area (Å²) in [5.74, 6) is 0.908. The summed E-state index contributed by atoms with van der Waals surface area (Å²) in [6.45, 7) is 4.75. The van der Waals surface area contributed by atoms with E-state index in [1.165, 1.54) is 0 Å². The molecule has 0 aliphatic carbocycles. The highest BCUT2D eigenvalue weighted by atomic mass is 16.5. The van der Waals surface area contributed by atoms with Gasteiger partial charge in [-0.3, -0.25) is 5.32 Å². The summed E-state index contributed by atoms with van der Waals surface area (Å²) in [5.41, 5.74) is 0. The first kappa shape index (κ1) is 9.07. The average Bonchev–Trinajstić information content (AvgIpc) is 2.05. The van der Waals surface area contributed by atoms with Crippen LogP contribution in [-0.4, -0.2) is 12.8 Å². The summed E-state index contributed by atoms with van der Waals surface area (Å²) in [6, 6.07) is 10.3. The molecule has 0 atom stereocenters. The molecule has 2 nitrogen and oxygen atoms in total. The van der Waals surface area contributed by atoms with Crippen LogP contribution in [-0.2, 0) is 0 Å². The van der Waals surface area contributed by atoms with Gasteiger partial charge in [0.1, 0.15) is 12.5 Å². The van der Waals surface area contributed by atoms with Gasteiger partial charge in [-0.2, -0.15) is 0 Å². The second kappa shape index (κ2) is 4.78. The van der Waals surface area contributed by atoms with Gasteiger partial charge in [0.25, 0.3) is 0 Å². The van der Waals surface area contributed by atoms with Gasteiger partial charge in [-0.15, -0.1) is 0 Å². The summed E-state index contributed by atoms with van der Waals surface area (Å²) in [4.78, 5) is 0. The third kappa shape index (κ3) is 3.39. The maximum atomic E-state index is 5.41. The van der Waals surface area contributed by atoms with Gasteiger partial charge in [-0.1, -0.05) is 18.2 Å². The summed E-state index contributed by atoms with van der Waals surface area (Å²) < 4.78 is 5.41. The summed E-state index contributed by atoms with van der Waals surface area (Å²) >= 11 is 0. The highest BCUT2D eigenvalue weighted by Gasteiger charge is 1.92. The second-order valence-corrected chi connectivity index (χ2v) is 2.96. The number of hydrogen-bond donors (Lipinski definition) is 1. The lowest BCUT2D eigenvalue weighted by Crippen LogP contribution is -2.27. The van der Waals surface area contributed by atoms with Crippen molar-refractivity contribution in [1.29, 1.82) is 0 Å². The Morgan fingerprint density at radius 1 is 1.25 bits per heavy atom. The van der Waals surface area contributed by atoms with E-state index in [0.29, 0.717) is 12.8 Å². The normalized spacial score (nSPS) is 10.2. The van der Waals surface area contributed by atoms with Crippen molar-refractivity contribution in [1.82, 2.24) is 5.32 Å².